The van der Waals surface area contributed by atoms with Gasteiger partial charge in [-0.2, -0.15) is 0 Å². The molecule has 0 aliphatic carbocycles. The number of fused-ring (bicyclic) bond motifs is 1. The summed E-state index contributed by atoms with van der Waals surface area (Å²) >= 11 is 0. The van der Waals surface area contributed by atoms with Crippen molar-refractivity contribution >= 4 is 30.4 Å². The number of hydrogen-bond acceptors (Lipinski definition) is 5. The summed E-state index contributed by atoms with van der Waals surface area (Å²) < 4.78 is 42.0. The number of ether oxygens (including phenoxy) is 2. The summed E-state index contributed by atoms with van der Waals surface area (Å²) in [7, 11) is -1.36. The standard InChI is InChI=1S/C30H36F2N4O4Si/c1-6-11-34-29(37)24-16-22-27(30(38)35-24)18(2)36(17-39-12-13-41(3,4)5)28(22)21-15-20(33)8-10-25(21)40-26-9-7-19(31)14-23(26)32/h7-10,14-16H,6,11-13,17,33H2,1-5H3,(H,34,37)(H,35,38). The van der Waals surface area contributed by atoms with Crippen molar-refractivity contribution < 1.29 is 23.0 Å². The van der Waals surface area contributed by atoms with E-state index in [0.717, 1.165) is 24.6 Å². The number of aromatic amines is 1. The minimum absolute atomic E-state index is 0.102. The highest BCUT2D eigenvalue weighted by atomic mass is 28.3. The number of nitrogens with two attached hydrogens (primary N) is 1. The van der Waals surface area contributed by atoms with Crippen LogP contribution in [0.2, 0.25) is 25.7 Å². The fraction of sp³-hybridized carbons (Fsp3) is 0.333. The van der Waals surface area contributed by atoms with Crippen LogP contribution in [0.5, 0.6) is 11.5 Å². The number of rotatable bonds is 11. The van der Waals surface area contributed by atoms with Crippen molar-refractivity contribution in [3.05, 3.63) is 75.8 Å². The van der Waals surface area contributed by atoms with Crippen LogP contribution in [0.1, 0.15) is 29.5 Å². The molecule has 0 fully saturated rings. The zero-order chi connectivity index (χ0) is 29.9. The average Bonchev–Trinajstić information content (AvgIpc) is 3.18. The number of aromatic nitrogens is 2. The van der Waals surface area contributed by atoms with E-state index in [0.29, 0.717) is 46.6 Å². The van der Waals surface area contributed by atoms with Crippen molar-refractivity contribution in [1.82, 2.24) is 14.9 Å². The van der Waals surface area contributed by atoms with Gasteiger partial charge in [0, 0.05) is 49.6 Å². The fourth-order valence-corrected chi connectivity index (χ4v) is 5.25. The molecule has 0 unspecified atom stereocenters. The molecule has 0 aliphatic rings. The quantitative estimate of drug-likeness (QED) is 0.108. The van der Waals surface area contributed by atoms with Gasteiger partial charge in [0.2, 0.25) is 0 Å². The van der Waals surface area contributed by atoms with Crippen LogP contribution in [0.3, 0.4) is 0 Å². The average molecular weight is 583 g/mol. The number of hydrogen-bond donors (Lipinski definition) is 3. The maximum Gasteiger partial charge on any atom is 0.267 e. The van der Waals surface area contributed by atoms with E-state index in [1.165, 1.54) is 6.07 Å². The molecule has 0 radical (unpaired) electrons. The zero-order valence-corrected chi connectivity index (χ0v) is 25.0. The topological polar surface area (TPSA) is 111 Å². The maximum atomic E-state index is 14.6. The number of benzene rings is 2. The van der Waals surface area contributed by atoms with Gasteiger partial charge in [-0.1, -0.05) is 26.6 Å². The van der Waals surface area contributed by atoms with E-state index < -0.39 is 31.2 Å². The minimum atomic E-state index is -1.36. The SMILES string of the molecule is CCCNC(=O)c1cc2c(-c3cc(N)ccc3Oc3ccc(F)cc3F)n(COCC[Si](C)(C)C)c(C)c2c(=O)[nH]1. The first kappa shape index (κ1) is 30.0. The van der Waals surface area contributed by atoms with E-state index in [-0.39, 0.29) is 23.9 Å². The maximum absolute atomic E-state index is 14.6. The van der Waals surface area contributed by atoms with Crippen LogP contribution in [-0.4, -0.2) is 36.7 Å². The highest BCUT2D eigenvalue weighted by Gasteiger charge is 2.24. The molecule has 2 heterocycles. The van der Waals surface area contributed by atoms with Crippen LogP contribution in [0.25, 0.3) is 22.0 Å². The van der Waals surface area contributed by atoms with Crippen molar-refractivity contribution in [2.45, 2.75) is 52.7 Å². The van der Waals surface area contributed by atoms with Gasteiger partial charge < -0.3 is 30.1 Å². The number of carbonyl (C=O) groups excluding carboxylic acids is 1. The molecule has 4 N–H and O–H groups in total. The molecule has 4 aromatic rings. The van der Waals surface area contributed by atoms with Crippen LogP contribution in [-0.2, 0) is 11.5 Å². The molecule has 0 atom stereocenters. The molecule has 1 amide bonds. The smallest absolute Gasteiger partial charge is 0.267 e. The zero-order valence-electron chi connectivity index (χ0n) is 24.0. The molecule has 0 saturated heterocycles. The molecule has 4 rings (SSSR count). The third-order valence-electron chi connectivity index (χ3n) is 6.69. The summed E-state index contributed by atoms with van der Waals surface area (Å²) in [6, 6.07) is 10.4. The van der Waals surface area contributed by atoms with E-state index in [9.17, 15) is 18.4 Å². The molecule has 41 heavy (non-hydrogen) atoms. The van der Waals surface area contributed by atoms with Gasteiger partial charge in [-0.05, 0) is 55.8 Å². The van der Waals surface area contributed by atoms with Gasteiger partial charge in [0.05, 0.1) is 11.1 Å². The minimum Gasteiger partial charge on any atom is -0.454 e. The van der Waals surface area contributed by atoms with Gasteiger partial charge in [0.15, 0.2) is 11.6 Å². The van der Waals surface area contributed by atoms with E-state index in [4.69, 9.17) is 15.2 Å². The highest BCUT2D eigenvalue weighted by molar-refractivity contribution is 6.76. The van der Waals surface area contributed by atoms with Gasteiger partial charge in [-0.3, -0.25) is 9.59 Å². The summed E-state index contributed by atoms with van der Waals surface area (Å²) in [6.45, 7) is 11.6. The molecule has 11 heteroatoms. The van der Waals surface area contributed by atoms with Gasteiger partial charge in [-0.15, -0.1) is 0 Å². The first-order valence-electron chi connectivity index (χ1n) is 13.5. The van der Waals surface area contributed by atoms with Gasteiger partial charge in [0.25, 0.3) is 11.5 Å². The summed E-state index contributed by atoms with van der Waals surface area (Å²) in [5.41, 5.74) is 7.85. The molecular formula is C30H36F2N4O4Si. The lowest BCUT2D eigenvalue weighted by molar-refractivity contribution is 0.0875. The summed E-state index contributed by atoms with van der Waals surface area (Å²) in [5.74, 6) is -1.96. The summed E-state index contributed by atoms with van der Waals surface area (Å²) in [6.07, 6.45) is 0.734. The fourth-order valence-electron chi connectivity index (χ4n) is 4.49. The largest absolute Gasteiger partial charge is 0.454 e. The van der Waals surface area contributed by atoms with Crippen molar-refractivity contribution in [2.75, 3.05) is 18.9 Å². The Bertz CT molecular complexity index is 1640. The lowest BCUT2D eigenvalue weighted by atomic mass is 10.0. The Kier molecular flexibility index (Phi) is 8.98. The van der Waals surface area contributed by atoms with Gasteiger partial charge in [-0.25, -0.2) is 8.78 Å². The van der Waals surface area contributed by atoms with E-state index in [2.05, 4.69) is 29.9 Å². The predicted octanol–water partition coefficient (Wildman–Crippen LogP) is 6.41. The number of carbonyl (C=O) groups is 1. The second-order valence-corrected chi connectivity index (χ2v) is 16.8. The van der Waals surface area contributed by atoms with Crippen molar-refractivity contribution in [3.8, 4) is 22.8 Å². The molecule has 0 bridgehead atoms. The normalized spacial score (nSPS) is 11.7. The first-order chi connectivity index (χ1) is 19.4. The Balaban J connectivity index is 1.92. The molecule has 218 valence electrons. The van der Waals surface area contributed by atoms with Crippen LogP contribution in [0.4, 0.5) is 14.5 Å². The van der Waals surface area contributed by atoms with Crippen molar-refractivity contribution in [2.24, 2.45) is 0 Å². The third-order valence-corrected chi connectivity index (χ3v) is 8.40. The Hall–Kier alpha value is -3.96. The molecule has 8 nitrogen and oxygen atoms in total. The highest BCUT2D eigenvalue weighted by Crippen LogP contribution is 2.41. The van der Waals surface area contributed by atoms with Gasteiger partial charge >= 0.3 is 0 Å². The van der Waals surface area contributed by atoms with Crippen molar-refractivity contribution in [3.63, 3.8) is 0 Å². The Labute approximate surface area is 238 Å². The number of halogens is 2. The number of aryl methyl sites for hydroxylation is 1. The number of H-pyrrole nitrogens is 1. The predicted molar refractivity (Wildman–Crippen MR) is 160 cm³/mol. The molecule has 2 aromatic heterocycles. The number of anilines is 1. The lowest BCUT2D eigenvalue weighted by Crippen LogP contribution is -2.27. The third kappa shape index (κ3) is 6.86. The van der Waals surface area contributed by atoms with Crippen LogP contribution < -0.4 is 21.3 Å². The van der Waals surface area contributed by atoms with E-state index in [1.807, 2.05) is 11.5 Å². The van der Waals surface area contributed by atoms with E-state index in [1.54, 1.807) is 31.2 Å². The number of pyridine rings is 1. The molecule has 0 aliphatic heterocycles. The second kappa shape index (κ2) is 12.3. The number of amides is 1. The van der Waals surface area contributed by atoms with Crippen LogP contribution in [0.15, 0.2) is 47.3 Å². The summed E-state index contributed by atoms with van der Waals surface area (Å²) in [4.78, 5) is 28.9. The van der Waals surface area contributed by atoms with E-state index >= 15 is 0 Å². The van der Waals surface area contributed by atoms with Crippen molar-refractivity contribution in [1.29, 1.82) is 0 Å². The molecule has 0 saturated carbocycles. The Morgan fingerprint density at radius 3 is 2.51 bits per heavy atom. The molecular weight excluding hydrogens is 546 g/mol. The van der Waals surface area contributed by atoms with Crippen LogP contribution in [0, 0.1) is 18.6 Å². The first-order valence-corrected chi connectivity index (χ1v) is 17.2. The lowest BCUT2D eigenvalue weighted by Gasteiger charge is -2.19. The number of nitrogens with zero attached hydrogens (tertiary/aromatic N) is 1. The van der Waals surface area contributed by atoms with Crippen LogP contribution >= 0.6 is 0 Å². The Morgan fingerprint density at radius 2 is 1.83 bits per heavy atom. The van der Waals surface area contributed by atoms with Gasteiger partial charge in [0.1, 0.15) is 24.0 Å². The monoisotopic (exact) mass is 582 g/mol. The Morgan fingerprint density at radius 1 is 1.10 bits per heavy atom. The molecule has 2 aromatic carbocycles. The number of nitrogens with one attached hydrogen (secondary N) is 2. The summed E-state index contributed by atoms with van der Waals surface area (Å²) in [5, 5.41) is 3.65. The molecule has 0 spiro atoms. The second-order valence-electron chi connectivity index (χ2n) is 11.2. The number of nitrogen functional groups attached to an aromatic ring is 1.